The van der Waals surface area contributed by atoms with Crippen LogP contribution >= 0.6 is 0 Å². The highest BCUT2D eigenvalue weighted by Gasteiger charge is 2.45. The zero-order chi connectivity index (χ0) is 19.8. The Hall–Kier alpha value is -2.25. The fourth-order valence-electron chi connectivity index (χ4n) is 2.93. The highest BCUT2D eigenvalue weighted by Crippen LogP contribution is 2.37. The van der Waals surface area contributed by atoms with Crippen LogP contribution in [0.25, 0.3) is 0 Å². The maximum absolute atomic E-state index is 13.2. The van der Waals surface area contributed by atoms with E-state index in [1.807, 2.05) is 0 Å². The molecule has 1 aliphatic carbocycles. The van der Waals surface area contributed by atoms with Crippen LogP contribution in [0.4, 0.5) is 14.5 Å². The van der Waals surface area contributed by atoms with Gasteiger partial charge >= 0.3 is 0 Å². The van der Waals surface area contributed by atoms with E-state index in [2.05, 4.69) is 10.3 Å². The molecular weight excluding hydrogens is 356 g/mol. The first-order chi connectivity index (χ1) is 12.6. The molecular formula is C19H25F2N3O3. The van der Waals surface area contributed by atoms with Gasteiger partial charge in [0.25, 0.3) is 11.8 Å². The van der Waals surface area contributed by atoms with E-state index in [1.165, 1.54) is 11.0 Å². The van der Waals surface area contributed by atoms with Crippen LogP contribution in [0.15, 0.2) is 12.1 Å². The van der Waals surface area contributed by atoms with Crippen molar-refractivity contribution >= 4 is 17.4 Å². The van der Waals surface area contributed by atoms with Gasteiger partial charge in [0.1, 0.15) is 11.4 Å². The Morgan fingerprint density at radius 2 is 2.00 bits per heavy atom. The lowest BCUT2D eigenvalue weighted by Crippen LogP contribution is -2.56. The second-order valence-electron chi connectivity index (χ2n) is 7.84. The van der Waals surface area contributed by atoms with Crippen LogP contribution in [-0.4, -0.2) is 47.8 Å². The number of nitrogens with one attached hydrogen (secondary N) is 1. The number of Topliss-reactive ketones (excluding diaryl/α,β-unsaturated/α-hetero) is 1. The molecule has 0 bridgehead atoms. The summed E-state index contributed by atoms with van der Waals surface area (Å²) in [4.78, 5) is 30.2. The van der Waals surface area contributed by atoms with Gasteiger partial charge in [0, 0.05) is 6.42 Å². The molecule has 1 saturated heterocycles. The topological polar surface area (TPSA) is 71.5 Å². The van der Waals surface area contributed by atoms with Crippen molar-refractivity contribution < 1.29 is 23.1 Å². The number of carbonyl (C=O) groups excluding carboxylic acids is 2. The van der Waals surface area contributed by atoms with Gasteiger partial charge < -0.3 is 15.0 Å². The predicted octanol–water partition coefficient (Wildman–Crippen LogP) is 2.81. The highest BCUT2D eigenvalue weighted by molar-refractivity contribution is 5.98. The molecule has 0 aromatic carbocycles. The Labute approximate surface area is 157 Å². The molecule has 2 heterocycles. The zero-order valence-corrected chi connectivity index (χ0v) is 15.8. The van der Waals surface area contributed by atoms with Crippen LogP contribution in [-0.2, 0) is 4.79 Å². The Morgan fingerprint density at radius 1 is 1.33 bits per heavy atom. The van der Waals surface area contributed by atoms with Gasteiger partial charge in [-0.15, -0.1) is 0 Å². The molecule has 1 aliphatic heterocycles. The highest BCUT2D eigenvalue weighted by atomic mass is 19.3. The van der Waals surface area contributed by atoms with Gasteiger partial charge in [0.05, 0.1) is 25.2 Å². The number of rotatable bonds is 8. The lowest BCUT2D eigenvalue weighted by atomic mass is 9.97. The maximum atomic E-state index is 13.2. The molecule has 6 nitrogen and oxygen atoms in total. The molecule has 1 N–H and O–H groups in total. The molecule has 1 amide bonds. The fraction of sp³-hybridized carbons (Fsp3) is 0.632. The van der Waals surface area contributed by atoms with Crippen molar-refractivity contribution in [3.05, 3.63) is 17.8 Å². The Balaban J connectivity index is 1.78. The number of anilines is 1. The smallest absolute Gasteiger partial charge is 0.282 e. The lowest BCUT2D eigenvalue weighted by molar-refractivity contribution is -0.123. The number of alkyl halides is 2. The maximum Gasteiger partial charge on any atom is 0.282 e. The van der Waals surface area contributed by atoms with Gasteiger partial charge in [-0.3, -0.25) is 9.59 Å². The van der Waals surface area contributed by atoms with Crippen LogP contribution in [0.1, 0.15) is 50.5 Å². The molecule has 1 saturated carbocycles. The Kier molecular flexibility index (Phi) is 5.10. The average Bonchev–Trinajstić information content (AvgIpc) is 3.40. The second kappa shape index (κ2) is 7.05. The van der Waals surface area contributed by atoms with Crippen LogP contribution in [0.5, 0.6) is 5.88 Å². The first-order valence-electron chi connectivity index (χ1n) is 9.24. The normalized spacial score (nSPS) is 18.6. The molecule has 0 unspecified atom stereocenters. The number of nitrogens with zero attached hydrogens (tertiary/aromatic N) is 2. The molecule has 3 rings (SSSR count). The summed E-state index contributed by atoms with van der Waals surface area (Å²) in [5.74, 6) is -2.67. The third-order valence-corrected chi connectivity index (χ3v) is 4.85. The summed E-state index contributed by atoms with van der Waals surface area (Å²) in [6, 6.07) is 3.05. The Morgan fingerprint density at radius 3 is 2.56 bits per heavy atom. The average molecular weight is 381 g/mol. The van der Waals surface area contributed by atoms with E-state index in [1.54, 1.807) is 26.8 Å². The molecule has 148 valence electrons. The van der Waals surface area contributed by atoms with Crippen molar-refractivity contribution in [1.29, 1.82) is 0 Å². The van der Waals surface area contributed by atoms with Crippen molar-refractivity contribution in [2.24, 2.45) is 5.92 Å². The van der Waals surface area contributed by atoms with Crippen LogP contribution in [0, 0.1) is 5.92 Å². The molecule has 27 heavy (non-hydrogen) atoms. The number of amides is 1. The summed E-state index contributed by atoms with van der Waals surface area (Å²) in [7, 11) is 0. The summed E-state index contributed by atoms with van der Waals surface area (Å²) < 4.78 is 32.2. The standard InChI is InChI=1S/C19H25F2N3O3/c1-4-15(25)18(2,3)23-16(26)13-7-8-14(24-10-19(20,21)11-24)17(22-13)27-9-12-5-6-12/h7-8,12H,4-6,9-11H2,1-3H3,(H,23,26). The molecule has 2 fully saturated rings. The van der Waals surface area contributed by atoms with Gasteiger partial charge in [-0.2, -0.15) is 0 Å². The fourth-order valence-corrected chi connectivity index (χ4v) is 2.93. The summed E-state index contributed by atoms with van der Waals surface area (Å²) in [6.07, 6.45) is 2.45. The molecule has 0 spiro atoms. The third kappa shape index (κ3) is 4.54. The number of aromatic nitrogens is 1. The molecule has 8 heteroatoms. The first kappa shape index (κ1) is 19.5. The largest absolute Gasteiger partial charge is 0.476 e. The predicted molar refractivity (Wildman–Crippen MR) is 96.5 cm³/mol. The van der Waals surface area contributed by atoms with Crippen LogP contribution in [0.3, 0.4) is 0 Å². The number of carbonyl (C=O) groups is 2. The number of hydrogen-bond donors (Lipinski definition) is 1. The van der Waals surface area contributed by atoms with E-state index in [9.17, 15) is 18.4 Å². The number of pyridine rings is 1. The van der Waals surface area contributed by atoms with E-state index in [0.29, 0.717) is 24.6 Å². The SMILES string of the molecule is CCC(=O)C(C)(C)NC(=O)c1ccc(N2CC(F)(F)C2)c(OCC2CC2)n1. The number of ketones is 1. The third-order valence-electron chi connectivity index (χ3n) is 4.85. The van der Waals surface area contributed by atoms with Crippen LogP contribution in [0.2, 0.25) is 0 Å². The Bertz CT molecular complexity index is 740. The molecule has 1 aromatic rings. The van der Waals surface area contributed by atoms with Crippen molar-refractivity contribution in [3.8, 4) is 5.88 Å². The van der Waals surface area contributed by atoms with E-state index in [4.69, 9.17) is 4.74 Å². The molecule has 0 atom stereocenters. The number of ether oxygens (including phenoxy) is 1. The van der Waals surface area contributed by atoms with E-state index < -0.39 is 30.5 Å². The van der Waals surface area contributed by atoms with Gasteiger partial charge in [-0.1, -0.05) is 6.92 Å². The van der Waals surface area contributed by atoms with Gasteiger partial charge in [-0.05, 0) is 44.7 Å². The minimum atomic E-state index is -2.71. The first-order valence-corrected chi connectivity index (χ1v) is 9.24. The van der Waals surface area contributed by atoms with Gasteiger partial charge in [0.15, 0.2) is 5.78 Å². The summed E-state index contributed by atoms with van der Waals surface area (Å²) in [6.45, 7) is 4.68. The summed E-state index contributed by atoms with van der Waals surface area (Å²) in [5.41, 5.74) is -0.461. The molecule has 1 aromatic heterocycles. The zero-order valence-electron chi connectivity index (χ0n) is 15.8. The summed E-state index contributed by atoms with van der Waals surface area (Å²) >= 11 is 0. The lowest BCUT2D eigenvalue weighted by Gasteiger charge is -2.40. The number of hydrogen-bond acceptors (Lipinski definition) is 5. The van der Waals surface area contributed by atoms with Crippen LogP contribution < -0.4 is 15.0 Å². The van der Waals surface area contributed by atoms with Gasteiger partial charge in [0.2, 0.25) is 5.88 Å². The van der Waals surface area contributed by atoms with Gasteiger partial charge in [-0.25, -0.2) is 13.8 Å². The van der Waals surface area contributed by atoms with E-state index >= 15 is 0 Å². The molecule has 2 aliphatic rings. The van der Waals surface area contributed by atoms with Crippen molar-refractivity contribution in [2.75, 3.05) is 24.6 Å². The molecule has 0 radical (unpaired) electrons. The quantitative estimate of drug-likeness (QED) is 0.750. The van der Waals surface area contributed by atoms with Crippen molar-refractivity contribution in [2.45, 2.75) is 51.5 Å². The van der Waals surface area contributed by atoms with E-state index in [0.717, 1.165) is 12.8 Å². The van der Waals surface area contributed by atoms with Crippen molar-refractivity contribution in [3.63, 3.8) is 0 Å². The minimum absolute atomic E-state index is 0.0915. The number of halogens is 2. The van der Waals surface area contributed by atoms with Crippen molar-refractivity contribution in [1.82, 2.24) is 10.3 Å². The minimum Gasteiger partial charge on any atom is -0.476 e. The van der Waals surface area contributed by atoms with E-state index in [-0.39, 0.29) is 17.4 Å². The summed E-state index contributed by atoms with van der Waals surface area (Å²) in [5, 5.41) is 2.68. The monoisotopic (exact) mass is 381 g/mol. The second-order valence-corrected chi connectivity index (χ2v) is 7.84.